The fraction of sp³-hybridized carbons (Fsp3) is 0.833. The van der Waals surface area contributed by atoms with Crippen molar-refractivity contribution in [2.75, 3.05) is 6.54 Å². The van der Waals surface area contributed by atoms with Crippen molar-refractivity contribution in [1.82, 2.24) is 10.2 Å². The second-order valence-electron chi connectivity index (χ2n) is 4.88. The van der Waals surface area contributed by atoms with Crippen molar-refractivity contribution in [2.45, 2.75) is 52.1 Å². The van der Waals surface area contributed by atoms with E-state index < -0.39 is 5.97 Å². The third-order valence-corrected chi connectivity index (χ3v) is 3.40. The predicted molar refractivity (Wildman–Crippen MR) is 64.8 cm³/mol. The Morgan fingerprint density at radius 2 is 2.00 bits per heavy atom. The van der Waals surface area contributed by atoms with E-state index >= 15 is 0 Å². The van der Waals surface area contributed by atoms with Crippen molar-refractivity contribution >= 4 is 12.0 Å². The summed E-state index contributed by atoms with van der Waals surface area (Å²) >= 11 is 0. The Morgan fingerprint density at radius 3 is 2.41 bits per heavy atom. The van der Waals surface area contributed by atoms with E-state index in [4.69, 9.17) is 5.11 Å². The smallest absolute Gasteiger partial charge is 0.323 e. The molecule has 0 aliphatic heterocycles. The summed E-state index contributed by atoms with van der Waals surface area (Å²) in [5.41, 5.74) is 0. The number of nitrogens with zero attached hydrogens (tertiary/aromatic N) is 1. The molecule has 5 nitrogen and oxygen atoms in total. The molecule has 1 fully saturated rings. The summed E-state index contributed by atoms with van der Waals surface area (Å²) in [6.07, 6.45) is 2.82. The number of carboxylic acids is 1. The Bertz CT molecular complexity index is 289. The van der Waals surface area contributed by atoms with Gasteiger partial charge in [-0.1, -0.05) is 20.3 Å². The van der Waals surface area contributed by atoms with Crippen LogP contribution in [0, 0.1) is 5.92 Å². The number of carbonyl (C=O) groups is 2. The summed E-state index contributed by atoms with van der Waals surface area (Å²) in [5.74, 6) is -0.562. The first-order valence-electron chi connectivity index (χ1n) is 6.24. The van der Waals surface area contributed by atoms with E-state index in [0.717, 1.165) is 19.3 Å². The van der Waals surface area contributed by atoms with Gasteiger partial charge in [0.05, 0.1) is 0 Å². The zero-order valence-electron chi connectivity index (χ0n) is 10.8. The van der Waals surface area contributed by atoms with E-state index in [0.29, 0.717) is 5.92 Å². The van der Waals surface area contributed by atoms with Crippen molar-refractivity contribution in [2.24, 2.45) is 5.92 Å². The third-order valence-electron chi connectivity index (χ3n) is 3.40. The molecule has 1 aliphatic carbocycles. The maximum absolute atomic E-state index is 11.9. The average Bonchev–Trinajstić information content (AvgIpc) is 3.07. The van der Waals surface area contributed by atoms with Gasteiger partial charge in [-0.25, -0.2) is 4.79 Å². The minimum atomic E-state index is -0.955. The molecule has 0 heterocycles. The van der Waals surface area contributed by atoms with Crippen molar-refractivity contribution in [3.8, 4) is 0 Å². The second-order valence-corrected chi connectivity index (χ2v) is 4.88. The van der Waals surface area contributed by atoms with E-state index in [2.05, 4.69) is 19.2 Å². The monoisotopic (exact) mass is 242 g/mol. The normalized spacial score (nSPS) is 18.3. The first-order chi connectivity index (χ1) is 7.95. The van der Waals surface area contributed by atoms with Crippen LogP contribution in [0.4, 0.5) is 4.79 Å². The molecule has 98 valence electrons. The van der Waals surface area contributed by atoms with Crippen LogP contribution in [0.15, 0.2) is 0 Å². The highest BCUT2D eigenvalue weighted by Crippen LogP contribution is 2.26. The molecule has 2 unspecified atom stereocenters. The molecule has 5 heteroatoms. The lowest BCUT2D eigenvalue weighted by atomic mass is 10.0. The lowest BCUT2D eigenvalue weighted by molar-refractivity contribution is -0.137. The molecule has 0 aromatic heterocycles. The summed E-state index contributed by atoms with van der Waals surface area (Å²) in [5, 5.41) is 11.7. The Labute approximate surface area is 102 Å². The molecule has 1 aliphatic rings. The highest BCUT2D eigenvalue weighted by atomic mass is 16.4. The summed E-state index contributed by atoms with van der Waals surface area (Å²) in [6.45, 7) is 5.90. The minimum absolute atomic E-state index is 0.0718. The van der Waals surface area contributed by atoms with E-state index in [-0.39, 0.29) is 24.7 Å². The lowest BCUT2D eigenvalue weighted by Gasteiger charge is -2.26. The fourth-order valence-corrected chi connectivity index (χ4v) is 1.67. The van der Waals surface area contributed by atoms with Gasteiger partial charge in [-0.3, -0.25) is 4.79 Å². The standard InChI is InChI=1S/C12H22N2O3/c1-4-8(2)9(3)13-12(17)14(7-11(15)16)10-5-6-10/h8-10H,4-7H2,1-3H3,(H,13,17)(H,15,16). The largest absolute Gasteiger partial charge is 0.480 e. The van der Waals surface area contributed by atoms with Crippen LogP contribution in [-0.4, -0.2) is 40.6 Å². The van der Waals surface area contributed by atoms with Gasteiger partial charge in [0, 0.05) is 12.1 Å². The molecule has 0 aromatic rings. The highest BCUT2D eigenvalue weighted by Gasteiger charge is 2.34. The molecule has 0 bridgehead atoms. The first-order valence-corrected chi connectivity index (χ1v) is 6.24. The number of nitrogens with one attached hydrogen (secondary N) is 1. The fourth-order valence-electron chi connectivity index (χ4n) is 1.67. The van der Waals surface area contributed by atoms with Crippen LogP contribution in [0.1, 0.15) is 40.0 Å². The molecule has 0 radical (unpaired) electrons. The zero-order valence-corrected chi connectivity index (χ0v) is 10.8. The van der Waals surface area contributed by atoms with Gasteiger partial charge in [-0.2, -0.15) is 0 Å². The van der Waals surface area contributed by atoms with Crippen molar-refractivity contribution in [1.29, 1.82) is 0 Å². The Hall–Kier alpha value is -1.26. The molecule has 0 spiro atoms. The van der Waals surface area contributed by atoms with Crippen molar-refractivity contribution in [3.05, 3.63) is 0 Å². The molecule has 2 atom stereocenters. The summed E-state index contributed by atoms with van der Waals surface area (Å²) in [7, 11) is 0. The van der Waals surface area contributed by atoms with Crippen LogP contribution in [0.2, 0.25) is 0 Å². The zero-order chi connectivity index (χ0) is 13.0. The minimum Gasteiger partial charge on any atom is -0.480 e. The number of hydrogen-bond donors (Lipinski definition) is 2. The third kappa shape index (κ3) is 4.24. The van der Waals surface area contributed by atoms with Gasteiger partial charge in [0.2, 0.25) is 0 Å². The van der Waals surface area contributed by atoms with Crippen LogP contribution in [0.3, 0.4) is 0 Å². The van der Waals surface area contributed by atoms with Crippen molar-refractivity contribution in [3.63, 3.8) is 0 Å². The number of carbonyl (C=O) groups excluding carboxylic acids is 1. The topological polar surface area (TPSA) is 69.6 Å². The molecular weight excluding hydrogens is 220 g/mol. The Balaban J connectivity index is 2.50. The maximum Gasteiger partial charge on any atom is 0.323 e. The molecule has 2 N–H and O–H groups in total. The van der Waals surface area contributed by atoms with Crippen molar-refractivity contribution < 1.29 is 14.7 Å². The number of amides is 2. The molecule has 17 heavy (non-hydrogen) atoms. The molecule has 0 aromatic carbocycles. The molecular formula is C12H22N2O3. The van der Waals surface area contributed by atoms with Crippen LogP contribution in [0.25, 0.3) is 0 Å². The average molecular weight is 242 g/mol. The number of aliphatic carboxylic acids is 1. The van der Waals surface area contributed by atoms with Crippen LogP contribution >= 0.6 is 0 Å². The molecule has 0 saturated heterocycles. The number of carboxylic acid groups (broad SMARTS) is 1. The van der Waals surface area contributed by atoms with Gasteiger partial charge < -0.3 is 15.3 Å². The van der Waals surface area contributed by atoms with Gasteiger partial charge in [0.25, 0.3) is 0 Å². The lowest BCUT2D eigenvalue weighted by Crippen LogP contribution is -2.48. The number of urea groups is 1. The molecule has 1 saturated carbocycles. The summed E-state index contributed by atoms with van der Waals surface area (Å²) < 4.78 is 0. The summed E-state index contributed by atoms with van der Waals surface area (Å²) in [4.78, 5) is 24.1. The predicted octanol–water partition coefficient (Wildman–Crippen LogP) is 1.68. The summed E-state index contributed by atoms with van der Waals surface area (Å²) in [6, 6.07) is -0.0551. The second kappa shape index (κ2) is 5.89. The highest BCUT2D eigenvalue weighted by molar-refractivity contribution is 5.80. The van der Waals surface area contributed by atoms with Gasteiger partial charge in [0.15, 0.2) is 0 Å². The van der Waals surface area contributed by atoms with Crippen LogP contribution in [-0.2, 0) is 4.79 Å². The van der Waals surface area contributed by atoms with Crippen LogP contribution < -0.4 is 5.32 Å². The van der Waals surface area contributed by atoms with E-state index in [1.54, 1.807) is 0 Å². The van der Waals surface area contributed by atoms with Crippen LogP contribution in [0.5, 0.6) is 0 Å². The number of hydrogen-bond acceptors (Lipinski definition) is 2. The SMILES string of the molecule is CCC(C)C(C)NC(=O)N(CC(=O)O)C1CC1. The quantitative estimate of drug-likeness (QED) is 0.744. The van der Waals surface area contributed by atoms with Gasteiger partial charge in [0.1, 0.15) is 6.54 Å². The van der Waals surface area contributed by atoms with Gasteiger partial charge in [-0.05, 0) is 25.7 Å². The van der Waals surface area contributed by atoms with E-state index in [1.807, 2.05) is 6.92 Å². The number of rotatable bonds is 6. The first kappa shape index (κ1) is 13.8. The Morgan fingerprint density at radius 1 is 1.41 bits per heavy atom. The van der Waals surface area contributed by atoms with Gasteiger partial charge >= 0.3 is 12.0 Å². The molecule has 1 rings (SSSR count). The van der Waals surface area contributed by atoms with E-state index in [9.17, 15) is 9.59 Å². The van der Waals surface area contributed by atoms with E-state index in [1.165, 1.54) is 4.90 Å². The molecule has 2 amide bonds. The van der Waals surface area contributed by atoms with Gasteiger partial charge in [-0.15, -0.1) is 0 Å². The maximum atomic E-state index is 11.9. The Kier molecular flexibility index (Phi) is 4.78.